The number of alkyl halides is 4. The third-order valence-electron chi connectivity index (χ3n) is 6.99. The van der Waals surface area contributed by atoms with Crippen molar-refractivity contribution in [3.63, 3.8) is 0 Å². The highest BCUT2D eigenvalue weighted by Gasteiger charge is 2.44. The molecule has 0 bridgehead atoms. The Balaban J connectivity index is 1.34. The van der Waals surface area contributed by atoms with Crippen molar-refractivity contribution >= 4 is 34.9 Å². The van der Waals surface area contributed by atoms with Crippen molar-refractivity contribution in [2.45, 2.75) is 31.2 Å². The fourth-order valence-electron chi connectivity index (χ4n) is 5.24. The number of rotatable bonds is 5. The lowest BCUT2D eigenvalue weighted by atomic mass is 9.93. The van der Waals surface area contributed by atoms with E-state index >= 15 is 0 Å². The molecule has 0 radical (unpaired) electrons. The smallest absolute Gasteiger partial charge is 0.393 e. The standard InChI is InChI=1S/C24H29F4N7O2/c25-15-2-4-34(11-15)9-13-5-19-21(32-7-13)20(22(30)37-19)23(36)33-17-8-31-3-1-18(17)35-10-14(24(26,27)28)6-16(29)12-35/h1,3,5,8,14-16,32H,2,4,6-7,9-12,29-30H2,(H,33,36)/t14-,15+,16+/m1/s1. The summed E-state index contributed by atoms with van der Waals surface area (Å²) >= 11 is 0. The van der Waals surface area contributed by atoms with Crippen LogP contribution in [-0.2, 0) is 0 Å². The summed E-state index contributed by atoms with van der Waals surface area (Å²) < 4.78 is 59.5. The number of halogens is 4. The number of carbonyl (C=O) groups excluding carboxylic acids is 1. The first-order chi connectivity index (χ1) is 17.6. The average molecular weight is 524 g/mol. The van der Waals surface area contributed by atoms with E-state index in [2.05, 4.69) is 15.6 Å². The number of nitrogens with zero attached hydrogens (tertiary/aromatic N) is 3. The minimum atomic E-state index is -4.38. The Morgan fingerprint density at radius 2 is 2.11 bits per heavy atom. The lowest BCUT2D eigenvalue weighted by Gasteiger charge is -2.39. The Labute approximate surface area is 210 Å². The number of pyridine rings is 1. The number of likely N-dealkylation sites (tertiary alicyclic amines) is 1. The number of piperidine rings is 1. The first-order valence-electron chi connectivity index (χ1n) is 12.1. The Morgan fingerprint density at radius 3 is 2.84 bits per heavy atom. The number of amides is 1. The predicted octanol–water partition coefficient (Wildman–Crippen LogP) is 3.08. The van der Waals surface area contributed by atoms with Gasteiger partial charge in [0.15, 0.2) is 5.76 Å². The van der Waals surface area contributed by atoms with Crippen LogP contribution in [-0.4, -0.2) is 73.4 Å². The van der Waals surface area contributed by atoms with Gasteiger partial charge in [0.25, 0.3) is 5.91 Å². The van der Waals surface area contributed by atoms with E-state index in [1.807, 2.05) is 4.90 Å². The highest BCUT2D eigenvalue weighted by molar-refractivity contribution is 6.13. The number of hydrogen-bond donors (Lipinski definition) is 4. The maximum atomic E-state index is 13.5. The second-order valence-corrected chi connectivity index (χ2v) is 9.84. The van der Waals surface area contributed by atoms with Crippen LogP contribution in [0.1, 0.15) is 29.0 Å². The number of carbonyl (C=O) groups is 1. The van der Waals surface area contributed by atoms with E-state index in [-0.39, 0.29) is 36.6 Å². The average Bonchev–Trinajstić information content (AvgIpc) is 3.39. The first kappa shape index (κ1) is 25.3. The first-order valence-corrected chi connectivity index (χ1v) is 12.1. The van der Waals surface area contributed by atoms with E-state index in [0.29, 0.717) is 49.7 Å². The van der Waals surface area contributed by atoms with Crippen LogP contribution in [0, 0.1) is 5.92 Å². The summed E-state index contributed by atoms with van der Waals surface area (Å²) in [5.41, 5.74) is 14.1. The molecule has 6 N–H and O–H groups in total. The zero-order valence-electron chi connectivity index (χ0n) is 20.0. The van der Waals surface area contributed by atoms with Crippen molar-refractivity contribution in [1.29, 1.82) is 0 Å². The molecule has 37 heavy (non-hydrogen) atoms. The normalized spacial score (nSPS) is 24.4. The number of nitrogen functional groups attached to an aromatic ring is 1. The summed E-state index contributed by atoms with van der Waals surface area (Å²) in [7, 11) is 0. The molecule has 3 aliphatic rings. The summed E-state index contributed by atoms with van der Waals surface area (Å²) in [5, 5.41) is 5.90. The highest BCUT2D eigenvalue weighted by atomic mass is 19.4. The monoisotopic (exact) mass is 523 g/mol. The molecule has 200 valence electrons. The fourth-order valence-corrected chi connectivity index (χ4v) is 5.24. The second-order valence-electron chi connectivity index (χ2n) is 9.84. The Morgan fingerprint density at radius 1 is 1.30 bits per heavy atom. The molecule has 0 spiro atoms. The van der Waals surface area contributed by atoms with E-state index in [4.69, 9.17) is 15.9 Å². The van der Waals surface area contributed by atoms with Crippen molar-refractivity contribution in [2.24, 2.45) is 11.7 Å². The number of aromatic nitrogens is 1. The van der Waals surface area contributed by atoms with Gasteiger partial charge in [-0.2, -0.15) is 13.2 Å². The number of nitrogens with two attached hydrogens (primary N) is 2. The summed E-state index contributed by atoms with van der Waals surface area (Å²) in [5.74, 6) is -1.87. The number of anilines is 4. The molecule has 1 amide bonds. The van der Waals surface area contributed by atoms with Crippen molar-refractivity contribution in [1.82, 2.24) is 9.88 Å². The van der Waals surface area contributed by atoms with Gasteiger partial charge in [0, 0.05) is 51.5 Å². The molecule has 13 heteroatoms. The summed E-state index contributed by atoms with van der Waals surface area (Å²) in [6.07, 6.45) is -0.221. The van der Waals surface area contributed by atoms with Crippen LogP contribution < -0.4 is 27.0 Å². The summed E-state index contributed by atoms with van der Waals surface area (Å²) in [4.78, 5) is 20.8. The Kier molecular flexibility index (Phi) is 6.75. The van der Waals surface area contributed by atoms with Crippen molar-refractivity contribution in [2.75, 3.05) is 60.5 Å². The van der Waals surface area contributed by atoms with Crippen LogP contribution in [0.3, 0.4) is 0 Å². The topological polar surface area (TPSA) is 126 Å². The van der Waals surface area contributed by atoms with Gasteiger partial charge in [-0.1, -0.05) is 0 Å². The third-order valence-corrected chi connectivity index (χ3v) is 6.99. The quantitative estimate of drug-likeness (QED) is 0.441. The van der Waals surface area contributed by atoms with Gasteiger partial charge in [0.1, 0.15) is 11.7 Å². The summed E-state index contributed by atoms with van der Waals surface area (Å²) in [6.45, 7) is 2.00. The van der Waals surface area contributed by atoms with E-state index in [9.17, 15) is 22.4 Å². The van der Waals surface area contributed by atoms with Gasteiger partial charge in [0.05, 0.1) is 29.2 Å². The molecule has 0 saturated carbocycles. The molecule has 9 nitrogen and oxygen atoms in total. The van der Waals surface area contributed by atoms with E-state index in [0.717, 1.165) is 5.57 Å². The van der Waals surface area contributed by atoms with Crippen molar-refractivity contribution in [3.8, 4) is 0 Å². The van der Waals surface area contributed by atoms with Gasteiger partial charge in [-0.05, 0) is 30.6 Å². The van der Waals surface area contributed by atoms with Crippen LogP contribution >= 0.6 is 0 Å². The minimum absolute atomic E-state index is 0.0913. The van der Waals surface area contributed by atoms with E-state index in [1.54, 1.807) is 12.1 Å². The molecule has 3 atom stereocenters. The number of nitrogens with one attached hydrogen (secondary N) is 2. The van der Waals surface area contributed by atoms with Gasteiger partial charge >= 0.3 is 6.18 Å². The molecule has 2 fully saturated rings. The number of fused-ring (bicyclic) bond motifs is 1. The van der Waals surface area contributed by atoms with E-state index < -0.39 is 30.2 Å². The van der Waals surface area contributed by atoms with Gasteiger partial charge in [-0.15, -0.1) is 0 Å². The van der Waals surface area contributed by atoms with Crippen LogP contribution in [0.4, 0.5) is 40.5 Å². The lowest BCUT2D eigenvalue weighted by Crippen LogP contribution is -2.51. The SMILES string of the molecule is Nc1oc2c(c1C(=O)Nc1cnccc1N1C[C@@H](N)C[C@@H](C(F)(F)F)C1)NCC(CN1CC[C@H](F)C1)=C2. The molecule has 2 aromatic rings. The highest BCUT2D eigenvalue weighted by Crippen LogP contribution is 2.38. The number of hydrogen-bond acceptors (Lipinski definition) is 8. The lowest BCUT2D eigenvalue weighted by molar-refractivity contribution is -0.177. The van der Waals surface area contributed by atoms with Crippen LogP contribution in [0.5, 0.6) is 0 Å². The Hall–Kier alpha value is -3.32. The van der Waals surface area contributed by atoms with Gasteiger partial charge in [-0.25, -0.2) is 4.39 Å². The molecular formula is C24H29F4N7O2. The molecule has 5 rings (SSSR count). The molecule has 2 aromatic heterocycles. The number of furan rings is 1. The summed E-state index contributed by atoms with van der Waals surface area (Å²) in [6, 6.07) is 0.873. The largest absolute Gasteiger partial charge is 0.438 e. The molecule has 2 saturated heterocycles. The predicted molar refractivity (Wildman–Crippen MR) is 132 cm³/mol. The van der Waals surface area contributed by atoms with Crippen molar-refractivity contribution in [3.05, 3.63) is 35.4 Å². The molecule has 3 aliphatic heterocycles. The van der Waals surface area contributed by atoms with Crippen LogP contribution in [0.15, 0.2) is 28.5 Å². The zero-order chi connectivity index (χ0) is 26.3. The van der Waals surface area contributed by atoms with Crippen LogP contribution in [0.2, 0.25) is 0 Å². The molecule has 0 aliphatic carbocycles. The molecule has 0 aromatic carbocycles. The maximum absolute atomic E-state index is 13.5. The molecule has 5 heterocycles. The Bertz CT molecular complexity index is 1200. The molecule has 0 unspecified atom stereocenters. The van der Waals surface area contributed by atoms with Gasteiger partial charge < -0.3 is 31.4 Å². The zero-order valence-corrected chi connectivity index (χ0v) is 20.0. The van der Waals surface area contributed by atoms with Crippen molar-refractivity contribution < 1.29 is 26.8 Å². The van der Waals surface area contributed by atoms with Gasteiger partial charge in [0.2, 0.25) is 5.88 Å². The second kappa shape index (κ2) is 9.86. The minimum Gasteiger partial charge on any atom is -0.438 e. The third kappa shape index (κ3) is 5.37. The van der Waals surface area contributed by atoms with Crippen LogP contribution in [0.25, 0.3) is 6.08 Å². The van der Waals surface area contributed by atoms with Gasteiger partial charge in [-0.3, -0.25) is 14.7 Å². The fraction of sp³-hybridized carbons (Fsp3) is 0.500. The maximum Gasteiger partial charge on any atom is 0.393 e. The molecular weight excluding hydrogens is 494 g/mol. The van der Waals surface area contributed by atoms with E-state index in [1.165, 1.54) is 17.3 Å².